The molecule has 1 aliphatic rings. The first kappa shape index (κ1) is 23.1. The minimum Gasteiger partial charge on any atom is -0.494 e. The van der Waals surface area contributed by atoms with Gasteiger partial charge in [-0.25, -0.2) is 4.90 Å². The Morgan fingerprint density at radius 2 is 1.62 bits per heavy atom. The van der Waals surface area contributed by atoms with Gasteiger partial charge in [-0.15, -0.1) is 0 Å². The first-order valence-corrected chi connectivity index (χ1v) is 10.6. The highest BCUT2D eigenvalue weighted by Crippen LogP contribution is 2.37. The summed E-state index contributed by atoms with van der Waals surface area (Å²) in [6.45, 7) is 2.49. The molecule has 1 N–H and O–H groups in total. The van der Waals surface area contributed by atoms with E-state index in [1.807, 2.05) is 6.92 Å². The highest BCUT2D eigenvalue weighted by Gasteiger charge is 2.41. The average Bonchev–Trinajstić information content (AvgIpc) is 3.07. The molecule has 0 radical (unpaired) electrons. The second-order valence-corrected chi connectivity index (χ2v) is 7.61. The molecule has 0 aliphatic carbocycles. The highest BCUT2D eigenvalue weighted by molar-refractivity contribution is 6.46. The van der Waals surface area contributed by atoms with Crippen LogP contribution in [0.3, 0.4) is 0 Å². The molecule has 0 aromatic heterocycles. The fraction of sp³-hybridized carbons (Fsp3) is 0.154. The number of ether oxygens (including phenoxy) is 1. The van der Waals surface area contributed by atoms with Crippen molar-refractivity contribution in [2.24, 2.45) is 0 Å². The van der Waals surface area contributed by atoms with Gasteiger partial charge in [-0.3, -0.25) is 9.59 Å². The molecular weight excluding hydrogens is 445 g/mol. The number of alkyl halides is 3. The van der Waals surface area contributed by atoms with Gasteiger partial charge in [0.25, 0.3) is 11.8 Å². The lowest BCUT2D eigenvalue weighted by Crippen LogP contribution is -2.32. The van der Waals surface area contributed by atoms with Gasteiger partial charge in [0.05, 0.1) is 23.4 Å². The van der Waals surface area contributed by atoms with Gasteiger partial charge in [-0.1, -0.05) is 49.4 Å². The zero-order chi connectivity index (χ0) is 24.3. The molecule has 8 heteroatoms. The van der Waals surface area contributed by atoms with E-state index in [2.05, 4.69) is 5.32 Å². The number of carbonyl (C=O) groups is 2. The van der Waals surface area contributed by atoms with Crippen molar-refractivity contribution in [1.29, 1.82) is 0 Å². The van der Waals surface area contributed by atoms with E-state index < -0.39 is 23.6 Å². The van der Waals surface area contributed by atoms with Crippen molar-refractivity contribution < 1.29 is 27.5 Å². The highest BCUT2D eigenvalue weighted by atomic mass is 19.4. The summed E-state index contributed by atoms with van der Waals surface area (Å²) in [5.74, 6) is -0.875. The smallest absolute Gasteiger partial charge is 0.416 e. The van der Waals surface area contributed by atoms with E-state index in [-0.39, 0.29) is 17.0 Å². The number of anilines is 2. The van der Waals surface area contributed by atoms with Crippen molar-refractivity contribution in [1.82, 2.24) is 0 Å². The lowest BCUT2D eigenvalue weighted by atomic mass is 10.0. The van der Waals surface area contributed by atoms with E-state index in [1.54, 1.807) is 54.6 Å². The normalized spacial score (nSPS) is 14.1. The van der Waals surface area contributed by atoms with E-state index in [0.717, 1.165) is 23.5 Å². The summed E-state index contributed by atoms with van der Waals surface area (Å²) in [5.41, 5.74) is -0.0893. The zero-order valence-corrected chi connectivity index (χ0v) is 18.2. The zero-order valence-electron chi connectivity index (χ0n) is 18.2. The Morgan fingerprint density at radius 3 is 2.32 bits per heavy atom. The second kappa shape index (κ2) is 9.43. The Labute approximate surface area is 194 Å². The molecule has 0 fully saturated rings. The van der Waals surface area contributed by atoms with Crippen LogP contribution in [0.2, 0.25) is 0 Å². The van der Waals surface area contributed by atoms with Gasteiger partial charge in [-0.05, 0) is 42.3 Å². The minimum atomic E-state index is -4.61. The van der Waals surface area contributed by atoms with Gasteiger partial charge in [0, 0.05) is 11.8 Å². The fourth-order valence-electron chi connectivity index (χ4n) is 3.60. The van der Waals surface area contributed by atoms with Gasteiger partial charge in [0.15, 0.2) is 0 Å². The number of hydrogen-bond donors (Lipinski definition) is 1. The maximum absolute atomic E-state index is 13.4. The molecule has 3 aromatic rings. The van der Waals surface area contributed by atoms with Crippen molar-refractivity contribution in [2.75, 3.05) is 16.8 Å². The van der Waals surface area contributed by atoms with Gasteiger partial charge in [0.1, 0.15) is 11.4 Å². The summed E-state index contributed by atoms with van der Waals surface area (Å²) in [6.07, 6.45) is -3.79. The summed E-state index contributed by atoms with van der Waals surface area (Å²) < 4.78 is 45.4. The molecule has 0 saturated heterocycles. The van der Waals surface area contributed by atoms with E-state index >= 15 is 0 Å². The number of hydrogen-bond acceptors (Lipinski definition) is 4. The van der Waals surface area contributed by atoms with Crippen molar-refractivity contribution >= 4 is 28.8 Å². The Kier molecular flexibility index (Phi) is 6.40. The lowest BCUT2D eigenvalue weighted by molar-refractivity contribution is -0.137. The molecule has 0 unspecified atom stereocenters. The molecule has 0 bridgehead atoms. The first-order valence-electron chi connectivity index (χ1n) is 10.6. The Balaban J connectivity index is 1.76. The third-order valence-corrected chi connectivity index (χ3v) is 5.15. The van der Waals surface area contributed by atoms with E-state index in [0.29, 0.717) is 23.6 Å². The molecule has 0 saturated carbocycles. The number of nitrogens with one attached hydrogen (secondary N) is 1. The minimum absolute atomic E-state index is 0.0266. The number of carbonyl (C=O) groups excluding carboxylic acids is 2. The summed E-state index contributed by atoms with van der Waals surface area (Å²) in [6, 6.07) is 19.6. The van der Waals surface area contributed by atoms with Crippen LogP contribution in [0, 0.1) is 0 Å². The molecule has 174 valence electrons. The largest absolute Gasteiger partial charge is 0.494 e. The third-order valence-electron chi connectivity index (χ3n) is 5.15. The van der Waals surface area contributed by atoms with Gasteiger partial charge < -0.3 is 10.1 Å². The van der Waals surface area contributed by atoms with Crippen LogP contribution < -0.4 is 15.0 Å². The van der Waals surface area contributed by atoms with Crippen molar-refractivity contribution in [3.05, 3.63) is 95.7 Å². The van der Waals surface area contributed by atoms with Crippen LogP contribution in [0.25, 0.3) is 5.57 Å². The topological polar surface area (TPSA) is 58.6 Å². The standard InChI is InChI=1S/C26H21F3N2O3/c1-2-14-34-21-13-7-11-19(16-21)30-23-22(17-8-4-3-5-9-17)24(32)31(25(23)33)20-12-6-10-18(15-20)26(27,28)29/h3-13,15-16,30H,2,14H2,1H3. The molecule has 34 heavy (non-hydrogen) atoms. The second-order valence-electron chi connectivity index (χ2n) is 7.61. The Morgan fingerprint density at radius 1 is 0.882 bits per heavy atom. The molecule has 0 spiro atoms. The van der Waals surface area contributed by atoms with Crippen LogP contribution in [0.1, 0.15) is 24.5 Å². The molecule has 4 rings (SSSR count). The van der Waals surface area contributed by atoms with E-state index in [1.165, 1.54) is 12.1 Å². The third kappa shape index (κ3) is 4.66. The van der Waals surface area contributed by atoms with Crippen LogP contribution in [-0.4, -0.2) is 18.4 Å². The summed E-state index contributed by atoms with van der Waals surface area (Å²) in [7, 11) is 0. The number of halogens is 3. The molecule has 0 atom stereocenters. The number of imide groups is 1. The Bertz CT molecular complexity index is 1250. The van der Waals surface area contributed by atoms with E-state index in [4.69, 9.17) is 4.74 Å². The quantitative estimate of drug-likeness (QED) is 0.441. The fourth-order valence-corrected chi connectivity index (χ4v) is 3.60. The van der Waals surface area contributed by atoms with Crippen LogP contribution in [0.5, 0.6) is 5.75 Å². The molecule has 2 amide bonds. The summed E-state index contributed by atoms with van der Waals surface area (Å²) in [5, 5.41) is 3.00. The summed E-state index contributed by atoms with van der Waals surface area (Å²) >= 11 is 0. The van der Waals surface area contributed by atoms with Gasteiger partial charge in [0.2, 0.25) is 0 Å². The first-order chi connectivity index (χ1) is 16.3. The SMILES string of the molecule is CCCOc1cccc(NC2=C(c3ccccc3)C(=O)N(c3cccc(C(F)(F)F)c3)C2=O)c1. The van der Waals surface area contributed by atoms with Crippen LogP contribution in [-0.2, 0) is 15.8 Å². The number of benzene rings is 3. The summed E-state index contributed by atoms with van der Waals surface area (Å²) in [4.78, 5) is 27.5. The predicted molar refractivity (Wildman–Crippen MR) is 123 cm³/mol. The van der Waals surface area contributed by atoms with Crippen molar-refractivity contribution in [3.8, 4) is 5.75 Å². The molecule has 1 aliphatic heterocycles. The van der Waals surface area contributed by atoms with Crippen LogP contribution in [0.15, 0.2) is 84.6 Å². The Hall–Kier alpha value is -4.07. The molecular formula is C26H21F3N2O3. The molecule has 5 nitrogen and oxygen atoms in total. The van der Waals surface area contributed by atoms with Crippen LogP contribution >= 0.6 is 0 Å². The number of amides is 2. The van der Waals surface area contributed by atoms with Gasteiger partial charge in [-0.2, -0.15) is 13.2 Å². The monoisotopic (exact) mass is 466 g/mol. The molecule has 3 aromatic carbocycles. The van der Waals surface area contributed by atoms with Crippen LogP contribution in [0.4, 0.5) is 24.5 Å². The number of nitrogens with zero attached hydrogens (tertiary/aromatic N) is 1. The maximum atomic E-state index is 13.4. The average molecular weight is 466 g/mol. The molecule has 1 heterocycles. The van der Waals surface area contributed by atoms with Gasteiger partial charge >= 0.3 is 6.18 Å². The maximum Gasteiger partial charge on any atom is 0.416 e. The van der Waals surface area contributed by atoms with Crippen molar-refractivity contribution in [2.45, 2.75) is 19.5 Å². The lowest BCUT2D eigenvalue weighted by Gasteiger charge is -2.17. The van der Waals surface area contributed by atoms with E-state index in [9.17, 15) is 22.8 Å². The number of rotatable bonds is 7. The predicted octanol–water partition coefficient (Wildman–Crippen LogP) is 5.89. The van der Waals surface area contributed by atoms with Crippen molar-refractivity contribution in [3.63, 3.8) is 0 Å².